The molecular formula is C73H110ClF9N12O12. The molecule has 3 unspecified atom stereocenters. The Kier molecular flexibility index (Phi) is 28.5. The number of fused-ring (bicyclic) bond motifs is 3. The Bertz CT molecular complexity index is 3300. The molecule has 2 spiro atoms. The second-order valence-electron chi connectivity index (χ2n) is 32.6. The highest BCUT2D eigenvalue weighted by atomic mass is 35.5. The maximum Gasteiger partial charge on any atom is 0.393 e. The van der Waals surface area contributed by atoms with Crippen molar-refractivity contribution >= 4 is 82.5 Å². The summed E-state index contributed by atoms with van der Waals surface area (Å²) in [6, 6.07) is -12.9. The molecule has 12 atom stereocenters. The number of halogens is 10. The molecule has 2 saturated heterocycles. The lowest BCUT2D eigenvalue weighted by atomic mass is 9.58. The molecule has 34 heteroatoms. The van der Waals surface area contributed by atoms with Gasteiger partial charge in [0, 0.05) is 74.8 Å². The van der Waals surface area contributed by atoms with E-state index in [1.807, 2.05) is 0 Å². The fourth-order valence-corrected chi connectivity index (χ4v) is 17.4. The first kappa shape index (κ1) is 87.3. The van der Waals surface area contributed by atoms with Crippen LogP contribution in [0.25, 0.3) is 0 Å². The van der Waals surface area contributed by atoms with Crippen LogP contribution in [-0.2, 0) is 57.5 Å². The van der Waals surface area contributed by atoms with E-state index in [0.29, 0.717) is 22.6 Å². The number of nitrogens with one attached hydrogen (secondary N) is 3. The molecule has 0 aromatic heterocycles. The first-order chi connectivity index (χ1) is 49.6. The Hall–Kier alpha value is -6.96. The molecule has 0 radical (unpaired) electrons. The average molecular weight is 1550 g/mol. The number of nitrogens with zero attached hydrogens (tertiary/aromatic N) is 9. The van der Waals surface area contributed by atoms with Crippen molar-refractivity contribution in [1.29, 1.82) is 0 Å². The highest BCUT2D eigenvalue weighted by Gasteiger charge is 2.62. The minimum Gasteiger partial charge on any atom is -0.347 e. The van der Waals surface area contributed by atoms with Gasteiger partial charge in [-0.1, -0.05) is 59.6 Å². The third-order valence-corrected chi connectivity index (χ3v) is 24.1. The Morgan fingerprint density at radius 1 is 0.645 bits per heavy atom. The van der Waals surface area contributed by atoms with E-state index in [1.165, 1.54) is 52.1 Å². The summed E-state index contributed by atoms with van der Waals surface area (Å²) in [6.07, 6.45) is -14.0. The number of rotatable bonds is 11. The fraction of sp³-hybridized carbons (Fsp3) is 0.808. The van der Waals surface area contributed by atoms with Gasteiger partial charge in [-0.25, -0.2) is 0 Å². The zero-order valence-corrected chi connectivity index (χ0v) is 64.6. The summed E-state index contributed by atoms with van der Waals surface area (Å²) < 4.78 is 130. The van der Waals surface area contributed by atoms with Crippen LogP contribution in [0.3, 0.4) is 0 Å². The van der Waals surface area contributed by atoms with Crippen molar-refractivity contribution in [2.24, 2.45) is 40.4 Å². The third-order valence-electron chi connectivity index (χ3n) is 23.6. The first-order valence-electron chi connectivity index (χ1n) is 37.4. The quantitative estimate of drug-likeness (QED) is 0.105. The van der Waals surface area contributed by atoms with Crippen LogP contribution in [0.4, 0.5) is 39.5 Å². The lowest BCUT2D eigenvalue weighted by molar-refractivity contribution is -0.184. The summed E-state index contributed by atoms with van der Waals surface area (Å²) in [5.41, 5.74) is -3.47. The lowest BCUT2D eigenvalue weighted by Crippen LogP contribution is -2.71. The molecule has 4 aliphatic carbocycles. The molecule has 107 heavy (non-hydrogen) atoms. The maximum absolute atomic E-state index is 15.6. The van der Waals surface area contributed by atoms with Gasteiger partial charge in [0.2, 0.25) is 70.9 Å². The second kappa shape index (κ2) is 34.9. The SMILES string of the molecule is CCC[C@H]1C(=O)N[C@@H]([C@@H](C)CC)C(=O)N(C)CC(=O)N(C)[C@H]2C/C=C\CCN(C2=O)[C@@H](CC2CCC(C(F)(F)F)CC2)C(=O)N(C)CC(=O)N[C@@H](CCC2CCC(C(F)(F)F)C(Cl)C2)C(=O)N2CC3(CC3)C[C@H]2C(=O)NC2(CC(C)(C)C2)C(=O)N(C)[C@@H](CC(F)(F)F)C(=O)N(C)[C@H](C(=O)N(C)C)CC(=O)N1C. The molecule has 604 valence electrons. The molecule has 6 fully saturated rings. The van der Waals surface area contributed by atoms with Crippen LogP contribution in [-0.4, -0.2) is 275 Å². The summed E-state index contributed by atoms with van der Waals surface area (Å²) in [7, 11) is 9.52. The minimum absolute atomic E-state index is 0.00454. The van der Waals surface area contributed by atoms with E-state index in [-0.39, 0.29) is 129 Å². The van der Waals surface area contributed by atoms with Crippen molar-refractivity contribution in [2.45, 2.75) is 254 Å². The maximum atomic E-state index is 15.6. The van der Waals surface area contributed by atoms with Gasteiger partial charge in [-0.05, 0) is 144 Å². The van der Waals surface area contributed by atoms with Crippen molar-refractivity contribution < 1.29 is 97.0 Å². The van der Waals surface area contributed by atoms with Crippen LogP contribution in [0.1, 0.15) is 176 Å². The van der Waals surface area contributed by atoms with Crippen molar-refractivity contribution in [2.75, 3.05) is 82.6 Å². The molecule has 12 amide bonds. The normalized spacial score (nSPS) is 31.4. The molecule has 0 aromatic rings. The van der Waals surface area contributed by atoms with Crippen molar-refractivity contribution in [3.63, 3.8) is 0 Å². The number of likely N-dealkylation sites (N-methyl/N-ethyl adjacent to an activating group) is 7. The van der Waals surface area contributed by atoms with Gasteiger partial charge in [0.25, 0.3) is 0 Å². The summed E-state index contributed by atoms with van der Waals surface area (Å²) in [5.74, 6) is -16.4. The minimum atomic E-state index is -5.18. The van der Waals surface area contributed by atoms with E-state index in [1.54, 1.807) is 46.8 Å². The van der Waals surface area contributed by atoms with Gasteiger partial charge in [-0.15, -0.1) is 11.6 Å². The molecule has 0 aromatic carbocycles. The summed E-state index contributed by atoms with van der Waals surface area (Å²) in [4.78, 5) is 188. The average Bonchev–Trinajstić information content (AvgIpc) is 1.71. The molecule has 2 bridgehead atoms. The van der Waals surface area contributed by atoms with Crippen LogP contribution in [0.5, 0.6) is 0 Å². The Balaban J connectivity index is 1.32. The van der Waals surface area contributed by atoms with E-state index in [4.69, 9.17) is 11.6 Å². The van der Waals surface area contributed by atoms with E-state index in [9.17, 15) is 59.9 Å². The van der Waals surface area contributed by atoms with Crippen molar-refractivity contribution in [3.8, 4) is 0 Å². The molecule has 7 aliphatic rings. The highest BCUT2D eigenvalue weighted by Crippen LogP contribution is 2.56. The Labute approximate surface area is 626 Å². The Morgan fingerprint density at radius 2 is 1.26 bits per heavy atom. The highest BCUT2D eigenvalue weighted by molar-refractivity contribution is 6.21. The van der Waals surface area contributed by atoms with Crippen LogP contribution in [0.2, 0.25) is 0 Å². The van der Waals surface area contributed by atoms with Crippen LogP contribution < -0.4 is 16.0 Å². The van der Waals surface area contributed by atoms with Gasteiger partial charge in [-0.2, -0.15) is 39.5 Å². The summed E-state index contributed by atoms with van der Waals surface area (Å²) >= 11 is 6.39. The summed E-state index contributed by atoms with van der Waals surface area (Å²) in [5, 5.41) is 6.92. The molecule has 4 saturated carbocycles. The topological polar surface area (TPSA) is 270 Å². The van der Waals surface area contributed by atoms with Gasteiger partial charge in [-0.3, -0.25) is 57.5 Å². The van der Waals surface area contributed by atoms with Gasteiger partial charge in [0.1, 0.15) is 53.9 Å². The van der Waals surface area contributed by atoms with Crippen LogP contribution in [0.15, 0.2) is 12.2 Å². The predicted octanol–water partition coefficient (Wildman–Crippen LogP) is 7.20. The molecule has 7 rings (SSSR count). The number of carbonyl (C=O) groups is 12. The first-order valence-corrected chi connectivity index (χ1v) is 37.8. The zero-order valence-electron chi connectivity index (χ0n) is 63.8. The largest absolute Gasteiger partial charge is 0.393 e. The molecule has 3 heterocycles. The van der Waals surface area contributed by atoms with Gasteiger partial charge >= 0.3 is 18.5 Å². The molecular weight excluding hydrogens is 1440 g/mol. The van der Waals surface area contributed by atoms with Crippen molar-refractivity contribution in [1.82, 2.24) is 60.0 Å². The zero-order chi connectivity index (χ0) is 80.1. The predicted molar refractivity (Wildman–Crippen MR) is 375 cm³/mol. The second-order valence-corrected chi connectivity index (χ2v) is 33.2. The van der Waals surface area contributed by atoms with E-state index >= 15 is 37.1 Å². The summed E-state index contributed by atoms with van der Waals surface area (Å²) in [6.45, 7) is 6.78. The number of hydrogen-bond acceptors (Lipinski definition) is 12. The molecule has 3 aliphatic heterocycles. The molecule has 3 N–H and O–H groups in total. The number of amides is 12. The van der Waals surface area contributed by atoms with Gasteiger partial charge in [0.15, 0.2) is 0 Å². The van der Waals surface area contributed by atoms with E-state index in [0.717, 1.165) is 38.6 Å². The Morgan fingerprint density at radius 3 is 1.81 bits per heavy atom. The smallest absolute Gasteiger partial charge is 0.347 e. The lowest BCUT2D eigenvalue weighted by Gasteiger charge is -2.54. The number of hydrogen-bond donors (Lipinski definition) is 3. The third kappa shape index (κ3) is 21.3. The van der Waals surface area contributed by atoms with Crippen LogP contribution in [0, 0.1) is 40.4 Å². The molecule has 24 nitrogen and oxygen atoms in total. The monoisotopic (exact) mass is 1550 g/mol. The van der Waals surface area contributed by atoms with E-state index in [2.05, 4.69) is 16.0 Å². The number of carbonyl (C=O) groups excluding carboxylic acids is 12. The van der Waals surface area contributed by atoms with Gasteiger partial charge in [0.05, 0.1) is 37.8 Å². The fourth-order valence-electron chi connectivity index (χ4n) is 16.9. The van der Waals surface area contributed by atoms with Gasteiger partial charge < -0.3 is 60.0 Å². The number of alkyl halides is 10. The van der Waals surface area contributed by atoms with E-state index < -0.39 is 215 Å². The van der Waals surface area contributed by atoms with Crippen LogP contribution >= 0.6 is 11.6 Å². The standard InChI is InChI=1S/C73H110ClF9N12O12/c1-14-19-49-59(99)85-58(42(3)15-2)66(106)89(9)38-57(98)91(11)50-20-17-16-18-31-94(65(50)105)52(33-44-21-25-45(26-22-44)72(78,79)80)63(103)88(8)37-55(96)84-48(28-24-43-23-27-46(47(74)32-43)73(81,82)83)61(101)95-41-69(29-30-69)35-53(95)60(100)86-70(39-68(4,5)40-70)67(107)93(13)54(36-71(75,76)77)64(104)92(12)51(62(102)87(6)7)34-56(97)90(49)10/h16-17,42-54,58H,14-15,18-41H2,1-13H3,(H,84,96)(H,85,99)(H,86,100)/b17-16-/t42-,43?,44?,45?,46?,47?,48-,49-,50-,51-,52-,53-,54-,58-/m0/s1. The van der Waals surface area contributed by atoms with Crippen molar-refractivity contribution in [3.05, 3.63) is 12.2 Å².